The molecule has 0 aliphatic carbocycles. The summed E-state index contributed by atoms with van der Waals surface area (Å²) in [6.07, 6.45) is -5.01. The highest BCUT2D eigenvalue weighted by Crippen LogP contribution is 2.23. The smallest absolute Gasteiger partial charge is 0.318 e. The van der Waals surface area contributed by atoms with Gasteiger partial charge in [-0.15, -0.1) is 0 Å². The molecule has 0 unspecified atom stereocenters. The standard InChI is InChI=1S/C15H12ClF3N2O3S/c1-9-2-7-12(8-13(9)16)25(23,24)21-11-5-3-10(4-6-11)20-14(22)15(17,18)19/h2-8,21H,1H3,(H,20,22). The van der Waals surface area contributed by atoms with Crippen LogP contribution in [-0.4, -0.2) is 20.5 Å². The zero-order chi connectivity index (χ0) is 18.8. The van der Waals surface area contributed by atoms with Gasteiger partial charge in [-0.05, 0) is 48.9 Å². The molecule has 2 N–H and O–H groups in total. The molecule has 0 fully saturated rings. The van der Waals surface area contributed by atoms with E-state index < -0.39 is 22.1 Å². The number of amides is 1. The lowest BCUT2D eigenvalue weighted by Crippen LogP contribution is -2.29. The van der Waals surface area contributed by atoms with Crippen molar-refractivity contribution in [2.75, 3.05) is 10.0 Å². The van der Waals surface area contributed by atoms with Crippen molar-refractivity contribution in [1.29, 1.82) is 0 Å². The molecular weight excluding hydrogens is 381 g/mol. The Hall–Kier alpha value is -2.26. The van der Waals surface area contributed by atoms with Crippen LogP contribution in [0.2, 0.25) is 5.02 Å². The Labute approximate surface area is 146 Å². The van der Waals surface area contributed by atoms with Crippen LogP contribution in [-0.2, 0) is 14.8 Å². The van der Waals surface area contributed by atoms with Crippen molar-refractivity contribution < 1.29 is 26.4 Å². The molecule has 0 spiro atoms. The molecule has 5 nitrogen and oxygen atoms in total. The summed E-state index contributed by atoms with van der Waals surface area (Å²) in [4.78, 5) is 10.8. The van der Waals surface area contributed by atoms with Crippen molar-refractivity contribution in [3.63, 3.8) is 0 Å². The van der Waals surface area contributed by atoms with Crippen LogP contribution in [0.15, 0.2) is 47.4 Å². The molecule has 25 heavy (non-hydrogen) atoms. The predicted molar refractivity (Wildman–Crippen MR) is 88.1 cm³/mol. The van der Waals surface area contributed by atoms with Gasteiger partial charge in [0.15, 0.2) is 0 Å². The Kier molecular flexibility index (Phi) is 5.28. The van der Waals surface area contributed by atoms with Crippen LogP contribution in [0.3, 0.4) is 0 Å². The molecule has 0 aliphatic heterocycles. The Morgan fingerprint density at radius 3 is 2.12 bits per heavy atom. The fourth-order valence-corrected chi connectivity index (χ4v) is 3.11. The highest BCUT2D eigenvalue weighted by atomic mass is 35.5. The van der Waals surface area contributed by atoms with Gasteiger partial charge in [0.05, 0.1) is 4.90 Å². The lowest BCUT2D eigenvalue weighted by molar-refractivity contribution is -0.167. The second kappa shape index (κ2) is 6.93. The van der Waals surface area contributed by atoms with Gasteiger partial charge < -0.3 is 5.32 Å². The van der Waals surface area contributed by atoms with Crippen molar-refractivity contribution in [2.45, 2.75) is 18.0 Å². The summed E-state index contributed by atoms with van der Waals surface area (Å²) in [6, 6.07) is 8.94. The number of hydrogen-bond donors (Lipinski definition) is 2. The van der Waals surface area contributed by atoms with Crippen molar-refractivity contribution in [3.8, 4) is 0 Å². The second-order valence-electron chi connectivity index (χ2n) is 5.05. The molecule has 0 bridgehead atoms. The summed E-state index contributed by atoms with van der Waals surface area (Å²) in [5.74, 6) is -2.12. The number of sulfonamides is 1. The number of benzene rings is 2. The van der Waals surface area contributed by atoms with Crippen molar-refractivity contribution in [3.05, 3.63) is 53.1 Å². The van der Waals surface area contributed by atoms with E-state index in [1.807, 2.05) is 0 Å². The van der Waals surface area contributed by atoms with E-state index in [0.717, 1.165) is 12.1 Å². The van der Waals surface area contributed by atoms with Gasteiger partial charge in [0, 0.05) is 16.4 Å². The largest absolute Gasteiger partial charge is 0.471 e. The third-order valence-electron chi connectivity index (χ3n) is 3.11. The zero-order valence-electron chi connectivity index (χ0n) is 12.7. The fourth-order valence-electron chi connectivity index (χ4n) is 1.78. The molecule has 0 saturated carbocycles. The number of rotatable bonds is 4. The molecule has 10 heteroatoms. The van der Waals surface area contributed by atoms with Crippen LogP contribution < -0.4 is 10.0 Å². The lowest BCUT2D eigenvalue weighted by atomic mass is 10.2. The van der Waals surface area contributed by atoms with E-state index in [4.69, 9.17) is 11.6 Å². The molecule has 0 heterocycles. The third kappa shape index (κ3) is 4.86. The summed E-state index contributed by atoms with van der Waals surface area (Å²) in [5.41, 5.74) is 0.704. The molecule has 0 atom stereocenters. The van der Waals surface area contributed by atoms with E-state index in [9.17, 15) is 26.4 Å². The number of alkyl halides is 3. The van der Waals surface area contributed by atoms with E-state index >= 15 is 0 Å². The normalized spacial score (nSPS) is 11.9. The Balaban J connectivity index is 2.15. The maximum absolute atomic E-state index is 12.3. The van der Waals surface area contributed by atoms with Crippen LogP contribution in [0, 0.1) is 6.92 Å². The average Bonchev–Trinajstić information content (AvgIpc) is 2.50. The molecular formula is C15H12ClF3N2O3S. The number of anilines is 2. The van der Waals surface area contributed by atoms with Crippen molar-refractivity contribution in [2.24, 2.45) is 0 Å². The first-order valence-corrected chi connectivity index (χ1v) is 8.62. The number of carbonyl (C=O) groups excluding carboxylic acids is 1. The van der Waals surface area contributed by atoms with Crippen LogP contribution in [0.4, 0.5) is 24.5 Å². The van der Waals surface area contributed by atoms with Crippen molar-refractivity contribution in [1.82, 2.24) is 0 Å². The first-order chi connectivity index (χ1) is 11.5. The number of carbonyl (C=O) groups is 1. The van der Waals surface area contributed by atoms with Crippen molar-refractivity contribution >= 4 is 38.9 Å². The number of hydrogen-bond acceptors (Lipinski definition) is 3. The number of aryl methyl sites for hydroxylation is 1. The van der Waals surface area contributed by atoms with Gasteiger partial charge >= 0.3 is 12.1 Å². The molecule has 0 aliphatic rings. The van der Waals surface area contributed by atoms with Gasteiger partial charge in [-0.25, -0.2) is 8.42 Å². The number of nitrogens with one attached hydrogen (secondary N) is 2. The van der Waals surface area contributed by atoms with Gasteiger partial charge in [0.2, 0.25) is 0 Å². The van der Waals surface area contributed by atoms with Gasteiger partial charge in [-0.1, -0.05) is 17.7 Å². The molecule has 0 aromatic heterocycles. The maximum Gasteiger partial charge on any atom is 0.471 e. The predicted octanol–water partition coefficient (Wildman–Crippen LogP) is 3.95. The quantitative estimate of drug-likeness (QED) is 0.827. The molecule has 2 aromatic rings. The van der Waals surface area contributed by atoms with E-state index in [-0.39, 0.29) is 21.3 Å². The third-order valence-corrected chi connectivity index (χ3v) is 4.89. The maximum atomic E-state index is 12.3. The monoisotopic (exact) mass is 392 g/mol. The van der Waals surface area contributed by atoms with Gasteiger partial charge in [-0.2, -0.15) is 13.2 Å². The zero-order valence-corrected chi connectivity index (χ0v) is 14.3. The van der Waals surface area contributed by atoms with Gasteiger partial charge in [0.25, 0.3) is 10.0 Å². The summed E-state index contributed by atoms with van der Waals surface area (Å²) in [6.45, 7) is 1.72. The van der Waals surface area contributed by atoms with E-state index in [2.05, 4.69) is 4.72 Å². The number of halogens is 4. The van der Waals surface area contributed by atoms with Crippen LogP contribution in [0.1, 0.15) is 5.56 Å². The highest BCUT2D eigenvalue weighted by Gasteiger charge is 2.38. The van der Waals surface area contributed by atoms with E-state index in [1.165, 1.54) is 24.3 Å². The Morgan fingerprint density at radius 1 is 1.04 bits per heavy atom. The fraction of sp³-hybridized carbons (Fsp3) is 0.133. The topological polar surface area (TPSA) is 75.3 Å². The first kappa shape index (κ1) is 19.1. The van der Waals surface area contributed by atoms with Crippen LogP contribution in [0.5, 0.6) is 0 Å². The SMILES string of the molecule is Cc1ccc(S(=O)(=O)Nc2ccc(NC(=O)C(F)(F)F)cc2)cc1Cl. The summed E-state index contributed by atoms with van der Waals surface area (Å²) < 4.78 is 63.3. The van der Waals surface area contributed by atoms with Gasteiger partial charge in [-0.3, -0.25) is 9.52 Å². The minimum atomic E-state index is -5.01. The molecule has 1 amide bonds. The first-order valence-electron chi connectivity index (χ1n) is 6.76. The minimum absolute atomic E-state index is 0.0578. The van der Waals surface area contributed by atoms with E-state index in [0.29, 0.717) is 5.56 Å². The summed E-state index contributed by atoms with van der Waals surface area (Å²) >= 11 is 5.90. The average molecular weight is 393 g/mol. The molecule has 134 valence electrons. The Morgan fingerprint density at radius 2 is 1.60 bits per heavy atom. The molecule has 0 saturated heterocycles. The lowest BCUT2D eigenvalue weighted by Gasteiger charge is -2.11. The van der Waals surface area contributed by atoms with Crippen LogP contribution >= 0.6 is 11.6 Å². The minimum Gasteiger partial charge on any atom is -0.318 e. The van der Waals surface area contributed by atoms with E-state index in [1.54, 1.807) is 18.3 Å². The van der Waals surface area contributed by atoms with Crippen LogP contribution in [0.25, 0.3) is 0 Å². The Bertz CT molecular complexity index is 897. The highest BCUT2D eigenvalue weighted by molar-refractivity contribution is 7.92. The molecule has 2 aromatic carbocycles. The molecule has 0 radical (unpaired) electrons. The van der Waals surface area contributed by atoms with Gasteiger partial charge in [0.1, 0.15) is 0 Å². The summed E-state index contributed by atoms with van der Waals surface area (Å²) in [7, 11) is -3.91. The second-order valence-corrected chi connectivity index (χ2v) is 7.14. The summed E-state index contributed by atoms with van der Waals surface area (Å²) in [5, 5.41) is 1.94. The molecule has 2 rings (SSSR count).